The minimum atomic E-state index is -0.498. The average Bonchev–Trinajstić information content (AvgIpc) is 2.73. The molecule has 0 radical (unpaired) electrons. The second-order valence-electron chi connectivity index (χ2n) is 3.00. The highest BCUT2D eigenvalue weighted by Gasteiger charge is 2.14. The van der Waals surface area contributed by atoms with E-state index in [0.717, 1.165) is 4.83 Å². The molecule has 2 aromatic heterocycles. The van der Waals surface area contributed by atoms with E-state index < -0.39 is 5.91 Å². The molecular weight excluding hydrogens is 214 g/mol. The molecule has 0 atom stereocenters. The van der Waals surface area contributed by atoms with E-state index in [4.69, 9.17) is 5.73 Å². The quantitative estimate of drug-likeness (QED) is 0.699. The molecule has 0 aliphatic rings. The molecule has 78 valence electrons. The Hall–Kier alpha value is -1.82. The third-order valence-corrected chi connectivity index (χ3v) is 3.15. The van der Waals surface area contributed by atoms with Crippen LogP contribution in [0.1, 0.15) is 20.0 Å². The molecule has 4 N–H and O–H groups in total. The molecule has 0 aliphatic heterocycles. The van der Waals surface area contributed by atoms with Gasteiger partial charge in [-0.25, -0.2) is 0 Å². The summed E-state index contributed by atoms with van der Waals surface area (Å²) in [5.74, 6) is -0.664. The Bertz CT molecular complexity index is 541. The van der Waals surface area contributed by atoms with Crippen LogP contribution in [0.4, 0.5) is 0 Å². The van der Waals surface area contributed by atoms with Crippen LogP contribution in [0.2, 0.25) is 0 Å². The topological polar surface area (TPSA) is 88.0 Å². The molecule has 2 aromatic rings. The molecule has 5 nitrogen and oxygen atoms in total. The zero-order chi connectivity index (χ0) is 11.0. The maximum absolute atomic E-state index is 11.3. The summed E-state index contributed by atoms with van der Waals surface area (Å²) < 4.78 is 0. The number of H-pyrrole nitrogens is 1. The van der Waals surface area contributed by atoms with Crippen LogP contribution < -0.4 is 11.1 Å². The molecule has 0 saturated heterocycles. The number of nitrogens with one attached hydrogen (secondary N) is 2. The van der Waals surface area contributed by atoms with Gasteiger partial charge in [-0.3, -0.25) is 9.59 Å². The number of rotatable bonds is 2. The monoisotopic (exact) mass is 223 g/mol. The summed E-state index contributed by atoms with van der Waals surface area (Å²) in [5, 5.41) is 3.22. The molecule has 0 unspecified atom stereocenters. The van der Waals surface area contributed by atoms with Crippen LogP contribution in [-0.2, 0) is 0 Å². The second-order valence-corrected chi connectivity index (χ2v) is 4.05. The van der Waals surface area contributed by atoms with Gasteiger partial charge < -0.3 is 16.0 Å². The number of carbonyl (C=O) groups excluding carboxylic acids is 2. The van der Waals surface area contributed by atoms with E-state index in [1.165, 1.54) is 11.3 Å². The van der Waals surface area contributed by atoms with Crippen molar-refractivity contribution in [1.82, 2.24) is 10.3 Å². The number of thiophene rings is 1. The zero-order valence-corrected chi connectivity index (χ0v) is 8.77. The number of hydrogen-bond acceptors (Lipinski definition) is 3. The van der Waals surface area contributed by atoms with Crippen LogP contribution in [0.15, 0.2) is 12.3 Å². The van der Waals surface area contributed by atoms with Crippen molar-refractivity contribution in [2.75, 3.05) is 7.05 Å². The van der Waals surface area contributed by atoms with Crippen LogP contribution in [0.5, 0.6) is 0 Å². The summed E-state index contributed by atoms with van der Waals surface area (Å²) >= 11 is 1.29. The molecular formula is C9H9N3O2S. The number of nitrogens with two attached hydrogens (primary N) is 1. The maximum Gasteiger partial charge on any atom is 0.261 e. The van der Waals surface area contributed by atoms with Gasteiger partial charge in [0.2, 0.25) is 0 Å². The van der Waals surface area contributed by atoms with Gasteiger partial charge in [-0.05, 0) is 6.07 Å². The van der Waals surface area contributed by atoms with Crippen LogP contribution >= 0.6 is 11.3 Å². The highest BCUT2D eigenvalue weighted by Crippen LogP contribution is 2.27. The molecule has 0 aromatic carbocycles. The molecule has 0 spiro atoms. The Labute approximate surface area is 89.3 Å². The SMILES string of the molecule is CNC(=O)c1cc2c(C(N)=O)c[nH]c2s1. The molecule has 0 saturated carbocycles. The molecule has 15 heavy (non-hydrogen) atoms. The highest BCUT2D eigenvalue weighted by atomic mass is 32.1. The van der Waals surface area contributed by atoms with E-state index in [2.05, 4.69) is 10.3 Å². The summed E-state index contributed by atoms with van der Waals surface area (Å²) in [6.45, 7) is 0. The zero-order valence-electron chi connectivity index (χ0n) is 7.96. The lowest BCUT2D eigenvalue weighted by molar-refractivity contribution is 0.0964. The molecule has 0 fully saturated rings. The van der Waals surface area contributed by atoms with Crippen molar-refractivity contribution in [3.05, 3.63) is 22.7 Å². The standard InChI is InChI=1S/C9H9N3O2S/c1-11-8(14)6-2-4-5(7(10)13)3-12-9(4)15-6/h2-3,12H,1H3,(H2,10,13)(H,11,14). The lowest BCUT2D eigenvalue weighted by atomic mass is 10.2. The highest BCUT2D eigenvalue weighted by molar-refractivity contribution is 7.20. The third-order valence-electron chi connectivity index (χ3n) is 2.09. The number of aromatic nitrogens is 1. The van der Waals surface area contributed by atoms with Gasteiger partial charge >= 0.3 is 0 Å². The fourth-order valence-corrected chi connectivity index (χ4v) is 2.34. The number of aromatic amines is 1. The van der Waals surface area contributed by atoms with E-state index in [-0.39, 0.29) is 5.91 Å². The number of hydrogen-bond donors (Lipinski definition) is 3. The van der Waals surface area contributed by atoms with Crippen LogP contribution in [0.3, 0.4) is 0 Å². The number of primary amides is 1. The first-order chi connectivity index (χ1) is 7.13. The minimum Gasteiger partial charge on any atom is -0.366 e. The fraction of sp³-hybridized carbons (Fsp3) is 0.111. The lowest BCUT2D eigenvalue weighted by Gasteiger charge is -1.92. The van der Waals surface area contributed by atoms with Gasteiger partial charge in [0.25, 0.3) is 11.8 Å². The Balaban J connectivity index is 2.57. The summed E-state index contributed by atoms with van der Waals surface area (Å²) in [6, 6.07) is 1.66. The van der Waals surface area contributed by atoms with E-state index in [9.17, 15) is 9.59 Å². The average molecular weight is 223 g/mol. The smallest absolute Gasteiger partial charge is 0.261 e. The van der Waals surface area contributed by atoms with Gasteiger partial charge in [0.15, 0.2) is 0 Å². The van der Waals surface area contributed by atoms with Gasteiger partial charge in [-0.2, -0.15) is 0 Å². The van der Waals surface area contributed by atoms with E-state index in [1.54, 1.807) is 19.3 Å². The van der Waals surface area contributed by atoms with Crippen molar-refractivity contribution in [3.63, 3.8) is 0 Å². The second kappa shape index (κ2) is 3.39. The van der Waals surface area contributed by atoms with Crippen molar-refractivity contribution in [1.29, 1.82) is 0 Å². The summed E-state index contributed by atoms with van der Waals surface area (Å²) in [5.41, 5.74) is 5.60. The molecule has 2 rings (SSSR count). The summed E-state index contributed by atoms with van der Waals surface area (Å²) in [7, 11) is 1.56. The predicted molar refractivity (Wildman–Crippen MR) is 58.1 cm³/mol. The predicted octanol–water partition coefficient (Wildman–Crippen LogP) is 0.688. The molecule has 0 bridgehead atoms. The molecule has 6 heteroatoms. The van der Waals surface area contributed by atoms with Gasteiger partial charge in [-0.15, -0.1) is 11.3 Å². The number of fused-ring (bicyclic) bond motifs is 1. The van der Waals surface area contributed by atoms with Crippen molar-refractivity contribution in [3.8, 4) is 0 Å². The van der Waals surface area contributed by atoms with Gasteiger partial charge in [0.1, 0.15) is 4.83 Å². The fourth-order valence-electron chi connectivity index (χ4n) is 1.35. The number of carbonyl (C=O) groups is 2. The van der Waals surface area contributed by atoms with Crippen LogP contribution in [0, 0.1) is 0 Å². The van der Waals surface area contributed by atoms with E-state index in [0.29, 0.717) is 15.8 Å². The van der Waals surface area contributed by atoms with Crippen molar-refractivity contribution in [2.45, 2.75) is 0 Å². The molecule has 0 aliphatic carbocycles. The minimum absolute atomic E-state index is 0.167. The number of amides is 2. The van der Waals surface area contributed by atoms with Crippen LogP contribution in [0.25, 0.3) is 10.2 Å². The first kappa shape index (κ1) is 9.72. The first-order valence-electron chi connectivity index (χ1n) is 4.26. The van der Waals surface area contributed by atoms with Crippen molar-refractivity contribution >= 4 is 33.4 Å². The van der Waals surface area contributed by atoms with Gasteiger partial charge in [0.05, 0.1) is 10.4 Å². The lowest BCUT2D eigenvalue weighted by Crippen LogP contribution is -2.16. The Morgan fingerprint density at radius 2 is 2.27 bits per heavy atom. The first-order valence-corrected chi connectivity index (χ1v) is 5.08. The summed E-state index contributed by atoms with van der Waals surface area (Å²) in [4.78, 5) is 26.6. The Morgan fingerprint density at radius 3 is 2.87 bits per heavy atom. The van der Waals surface area contributed by atoms with Gasteiger partial charge in [-0.1, -0.05) is 0 Å². The summed E-state index contributed by atoms with van der Waals surface area (Å²) in [6.07, 6.45) is 1.55. The van der Waals surface area contributed by atoms with Crippen molar-refractivity contribution < 1.29 is 9.59 Å². The Morgan fingerprint density at radius 1 is 1.53 bits per heavy atom. The normalized spacial score (nSPS) is 10.5. The van der Waals surface area contributed by atoms with Gasteiger partial charge in [0, 0.05) is 18.6 Å². The van der Waals surface area contributed by atoms with Crippen molar-refractivity contribution in [2.24, 2.45) is 5.73 Å². The largest absolute Gasteiger partial charge is 0.366 e. The molecule has 2 heterocycles. The molecule has 2 amide bonds. The van der Waals surface area contributed by atoms with E-state index >= 15 is 0 Å². The Kier molecular flexibility index (Phi) is 2.20. The van der Waals surface area contributed by atoms with E-state index in [1.807, 2.05) is 0 Å². The van der Waals surface area contributed by atoms with Crippen LogP contribution in [-0.4, -0.2) is 23.8 Å². The maximum atomic E-state index is 11.3. The third kappa shape index (κ3) is 1.48.